The monoisotopic (exact) mass is 548 g/mol. The molecule has 7 nitrogen and oxygen atoms in total. The van der Waals surface area contributed by atoms with E-state index in [2.05, 4.69) is 32.3 Å². The largest absolute Gasteiger partial charge is 0.412 e. The van der Waals surface area contributed by atoms with Gasteiger partial charge in [0.1, 0.15) is 11.9 Å². The first kappa shape index (κ1) is 29.9. The summed E-state index contributed by atoms with van der Waals surface area (Å²) in [6.45, 7) is 8.77. The summed E-state index contributed by atoms with van der Waals surface area (Å²) in [7, 11) is 0. The molecule has 11 heteroatoms. The van der Waals surface area contributed by atoms with Crippen molar-refractivity contribution in [3.05, 3.63) is 77.3 Å². The lowest BCUT2D eigenvalue weighted by Crippen LogP contribution is -2.48. The van der Waals surface area contributed by atoms with Crippen molar-refractivity contribution in [2.75, 3.05) is 31.5 Å². The van der Waals surface area contributed by atoms with E-state index in [0.29, 0.717) is 35.5 Å². The number of carbonyl (C=O) groups is 1. The highest BCUT2D eigenvalue weighted by atomic mass is 19.4. The van der Waals surface area contributed by atoms with Crippen molar-refractivity contribution in [1.29, 1.82) is 0 Å². The molecule has 39 heavy (non-hydrogen) atoms. The Hall–Kier alpha value is -3.60. The molecule has 3 atom stereocenters. The molecular weight excluding hydrogens is 512 g/mol. The zero-order valence-electron chi connectivity index (χ0n) is 22.2. The Balaban J connectivity index is 1.85. The van der Waals surface area contributed by atoms with Crippen LogP contribution < -0.4 is 16.4 Å². The predicted octanol–water partition coefficient (Wildman–Crippen LogP) is 5.15. The number of aromatic nitrogens is 2. The molecule has 0 bridgehead atoms. The van der Waals surface area contributed by atoms with Gasteiger partial charge in [0.2, 0.25) is 0 Å². The third-order valence-electron chi connectivity index (χ3n) is 6.75. The molecule has 1 amide bonds. The van der Waals surface area contributed by atoms with Gasteiger partial charge in [0.15, 0.2) is 0 Å². The van der Waals surface area contributed by atoms with E-state index in [1.165, 1.54) is 19.2 Å². The van der Waals surface area contributed by atoms with E-state index in [1.807, 2.05) is 6.92 Å². The van der Waals surface area contributed by atoms with Crippen LogP contribution in [0.4, 0.5) is 23.2 Å². The molecule has 0 aliphatic carbocycles. The van der Waals surface area contributed by atoms with Gasteiger partial charge in [0.25, 0.3) is 5.91 Å². The maximum absolute atomic E-state index is 15.1. The van der Waals surface area contributed by atoms with Gasteiger partial charge in [-0.05, 0) is 49.2 Å². The zero-order valence-corrected chi connectivity index (χ0v) is 22.2. The minimum absolute atomic E-state index is 0.167. The molecule has 1 unspecified atom stereocenters. The van der Waals surface area contributed by atoms with E-state index < -0.39 is 29.9 Å². The van der Waals surface area contributed by atoms with Crippen LogP contribution in [0.3, 0.4) is 0 Å². The summed E-state index contributed by atoms with van der Waals surface area (Å²) in [5.41, 5.74) is 7.19. The third kappa shape index (κ3) is 8.19. The van der Waals surface area contributed by atoms with Gasteiger partial charge in [-0.1, -0.05) is 38.6 Å². The average molecular weight is 549 g/mol. The molecule has 1 fully saturated rings. The molecular formula is C28H36F4N6O. The lowest BCUT2D eigenvalue weighted by atomic mass is 9.88. The second kappa shape index (κ2) is 13.5. The Morgan fingerprint density at radius 1 is 1.36 bits per heavy atom. The summed E-state index contributed by atoms with van der Waals surface area (Å²) in [5.74, 6) is -1.40. The normalized spacial score (nSPS) is 19.7. The van der Waals surface area contributed by atoms with Crippen molar-refractivity contribution in [2.45, 2.75) is 51.0 Å². The second-order valence-electron chi connectivity index (χ2n) is 9.64. The highest BCUT2D eigenvalue weighted by Crippen LogP contribution is 2.39. The number of piperidine rings is 1. The molecule has 1 aliphatic heterocycles. The smallest absolute Gasteiger partial charge is 0.399 e. The van der Waals surface area contributed by atoms with Crippen LogP contribution in [0.15, 0.2) is 60.5 Å². The fourth-order valence-electron chi connectivity index (χ4n) is 4.57. The van der Waals surface area contributed by atoms with E-state index >= 15 is 4.39 Å². The van der Waals surface area contributed by atoms with Crippen LogP contribution >= 0.6 is 0 Å². The summed E-state index contributed by atoms with van der Waals surface area (Å²) in [4.78, 5) is 14.1. The molecule has 0 spiro atoms. The van der Waals surface area contributed by atoms with E-state index in [-0.39, 0.29) is 18.1 Å². The van der Waals surface area contributed by atoms with Gasteiger partial charge in [-0.15, -0.1) is 0 Å². The number of rotatable bonds is 11. The average Bonchev–Trinajstić information content (AvgIpc) is 3.43. The molecule has 1 saturated heterocycles. The summed E-state index contributed by atoms with van der Waals surface area (Å²) in [6.07, 6.45) is 1.98. The first-order valence-corrected chi connectivity index (χ1v) is 12.9. The van der Waals surface area contributed by atoms with Crippen molar-refractivity contribution in [3.8, 4) is 0 Å². The summed E-state index contributed by atoms with van der Waals surface area (Å²) in [6, 6.07) is 5.99. The summed E-state index contributed by atoms with van der Waals surface area (Å²) >= 11 is 0. The van der Waals surface area contributed by atoms with Crippen LogP contribution in [0.2, 0.25) is 0 Å². The van der Waals surface area contributed by atoms with Crippen LogP contribution in [0, 0.1) is 0 Å². The first-order valence-electron chi connectivity index (χ1n) is 12.9. The number of likely N-dealkylation sites (tertiary alicyclic amines) is 1. The number of amides is 1. The number of allylic oxidation sites excluding steroid dienone is 2. The van der Waals surface area contributed by atoms with Crippen molar-refractivity contribution in [3.63, 3.8) is 0 Å². The van der Waals surface area contributed by atoms with E-state index in [0.717, 1.165) is 19.5 Å². The van der Waals surface area contributed by atoms with Gasteiger partial charge in [-0.3, -0.25) is 9.89 Å². The van der Waals surface area contributed by atoms with E-state index in [4.69, 9.17) is 5.73 Å². The molecule has 5 N–H and O–H groups in total. The minimum Gasteiger partial charge on any atom is -0.399 e. The fraction of sp³-hybridized carbons (Fsp3) is 0.429. The number of aromatic amines is 1. The number of halogens is 4. The number of hydrogen-bond acceptors (Lipinski definition) is 5. The Kier molecular flexibility index (Phi) is 10.3. The Bertz CT molecular complexity index is 1180. The number of carbonyl (C=O) groups excluding carboxylic acids is 1. The Morgan fingerprint density at radius 2 is 2.13 bits per heavy atom. The molecule has 0 saturated carbocycles. The number of anilines is 1. The highest BCUT2D eigenvalue weighted by molar-refractivity contribution is 5.92. The van der Waals surface area contributed by atoms with E-state index in [1.54, 1.807) is 36.4 Å². The molecule has 212 valence electrons. The zero-order chi connectivity index (χ0) is 28.6. The van der Waals surface area contributed by atoms with Crippen LogP contribution in [0.5, 0.6) is 0 Å². The van der Waals surface area contributed by atoms with Gasteiger partial charge in [-0.2, -0.15) is 18.3 Å². The number of nitrogens with two attached hydrogens (primary N) is 1. The van der Waals surface area contributed by atoms with Crippen LogP contribution in [-0.4, -0.2) is 65.6 Å². The van der Waals surface area contributed by atoms with Gasteiger partial charge in [-0.25, -0.2) is 4.39 Å². The third-order valence-corrected chi connectivity index (χ3v) is 6.75. The number of nitrogens with zero attached hydrogens (tertiary/aromatic N) is 2. The minimum atomic E-state index is -4.57. The number of H-pyrrole nitrogens is 1. The van der Waals surface area contributed by atoms with Crippen LogP contribution in [-0.2, 0) is 0 Å². The van der Waals surface area contributed by atoms with Crippen molar-refractivity contribution in [2.24, 2.45) is 5.73 Å². The Morgan fingerprint density at radius 3 is 2.77 bits per heavy atom. The predicted molar refractivity (Wildman–Crippen MR) is 146 cm³/mol. The van der Waals surface area contributed by atoms with Crippen molar-refractivity contribution < 1.29 is 22.4 Å². The molecule has 0 radical (unpaired) electrons. The van der Waals surface area contributed by atoms with Crippen LogP contribution in [0.25, 0.3) is 6.08 Å². The summed E-state index contributed by atoms with van der Waals surface area (Å²) < 4.78 is 55.6. The number of benzene rings is 1. The second-order valence-corrected chi connectivity index (χ2v) is 9.64. The molecule has 1 aliphatic rings. The van der Waals surface area contributed by atoms with Gasteiger partial charge in [0, 0.05) is 54.3 Å². The maximum Gasteiger partial charge on any atom is 0.412 e. The molecule has 2 aromatic rings. The molecule has 3 rings (SSSR count). The number of nitrogens with one attached hydrogen (secondary N) is 3. The van der Waals surface area contributed by atoms with Crippen molar-refractivity contribution >= 4 is 17.7 Å². The topological polar surface area (TPSA) is 99.1 Å². The summed E-state index contributed by atoms with van der Waals surface area (Å²) in [5, 5.41) is 12.2. The first-order chi connectivity index (χ1) is 18.5. The molecule has 2 heterocycles. The molecule has 1 aromatic heterocycles. The van der Waals surface area contributed by atoms with E-state index in [9.17, 15) is 18.0 Å². The van der Waals surface area contributed by atoms with Gasteiger partial charge < -0.3 is 21.3 Å². The quantitative estimate of drug-likeness (QED) is 0.177. The van der Waals surface area contributed by atoms with Gasteiger partial charge in [0.05, 0.1) is 6.04 Å². The van der Waals surface area contributed by atoms with Gasteiger partial charge >= 0.3 is 6.18 Å². The lowest BCUT2D eigenvalue weighted by molar-refractivity contribution is -0.0949. The Labute approximate surface area is 226 Å². The molecule has 1 aromatic carbocycles. The standard InChI is InChI=1S/C28H36F4N6O/c1-4-14-38-15-11-25(23(29)17-38)36-24-9-5-8-21(18(2)19(3)28(30,31)32)22(24)16-20(33)7-6-12-34-27(39)26-10-13-35-37-26/h5-10,13,16,18,23,25,36H,3-4,11-12,14-15,17,33H2,1-2H3,(H,34,39)(H,35,37)/b7-6+,20-16-/t18?,23-,25+/m0/s1. The van der Waals surface area contributed by atoms with Crippen LogP contribution in [0.1, 0.15) is 54.2 Å². The van der Waals surface area contributed by atoms with Crippen molar-refractivity contribution in [1.82, 2.24) is 20.4 Å². The number of alkyl halides is 4. The highest BCUT2D eigenvalue weighted by Gasteiger charge is 2.36. The number of hydrogen-bond donors (Lipinski definition) is 4. The SMILES string of the molecule is C=C(C(C)c1cccc(N[C@@H]2CCN(CCC)C[C@@H]2F)c1/C=C(N)/C=C/CNC(=O)c1ccn[nH]1)C(F)(F)F. The lowest BCUT2D eigenvalue weighted by Gasteiger charge is -2.36. The fourth-order valence-corrected chi connectivity index (χ4v) is 4.57. The maximum atomic E-state index is 15.1.